The molecule has 0 radical (unpaired) electrons. The van der Waals surface area contributed by atoms with Crippen LogP contribution in [0.1, 0.15) is 19.4 Å². The molecule has 0 amide bonds. The van der Waals surface area contributed by atoms with Crippen LogP contribution >= 0.6 is 23.5 Å². The molecule has 0 aromatic heterocycles. The Kier molecular flexibility index (Phi) is 7.75. The van der Waals surface area contributed by atoms with Crippen molar-refractivity contribution in [3.05, 3.63) is 48.0 Å². The SMILES string of the molecule is CC[N+](C)(CC)CC#CCc1ccc2c(c1)Sc1ccccc1S2.[I-]. The van der Waals surface area contributed by atoms with Gasteiger partial charge in [0.25, 0.3) is 0 Å². The van der Waals surface area contributed by atoms with Crippen LogP contribution in [0.25, 0.3) is 0 Å². The van der Waals surface area contributed by atoms with Gasteiger partial charge in [-0.05, 0) is 49.6 Å². The van der Waals surface area contributed by atoms with E-state index in [1.54, 1.807) is 0 Å². The first kappa shape index (κ1) is 20.7. The molecule has 0 spiro atoms. The highest BCUT2D eigenvalue weighted by atomic mass is 127. The number of quaternary nitrogens is 1. The van der Waals surface area contributed by atoms with Crippen molar-refractivity contribution >= 4 is 23.5 Å². The van der Waals surface area contributed by atoms with Gasteiger partial charge in [-0.2, -0.15) is 0 Å². The zero-order valence-corrected chi connectivity index (χ0v) is 18.8. The summed E-state index contributed by atoms with van der Waals surface area (Å²) in [7, 11) is 2.28. The van der Waals surface area contributed by atoms with Gasteiger partial charge in [0, 0.05) is 26.0 Å². The number of fused-ring (bicyclic) bond motifs is 2. The summed E-state index contributed by atoms with van der Waals surface area (Å²) >= 11 is 3.74. The third kappa shape index (κ3) is 5.19. The maximum Gasteiger partial charge on any atom is 0.140 e. The molecule has 1 aliphatic rings. The zero-order valence-electron chi connectivity index (χ0n) is 15.0. The highest BCUT2D eigenvalue weighted by Crippen LogP contribution is 2.48. The monoisotopic (exact) mass is 481 g/mol. The quantitative estimate of drug-likeness (QED) is 0.319. The van der Waals surface area contributed by atoms with E-state index in [1.807, 2.05) is 23.5 Å². The highest BCUT2D eigenvalue weighted by Gasteiger charge is 2.16. The number of rotatable bonds is 4. The second kappa shape index (κ2) is 9.36. The van der Waals surface area contributed by atoms with E-state index in [0.29, 0.717) is 0 Å². The van der Waals surface area contributed by atoms with E-state index in [2.05, 4.69) is 75.2 Å². The Morgan fingerprint density at radius 1 is 0.840 bits per heavy atom. The molecule has 0 aliphatic carbocycles. The van der Waals surface area contributed by atoms with Gasteiger partial charge in [-0.1, -0.05) is 47.6 Å². The Labute approximate surface area is 177 Å². The lowest BCUT2D eigenvalue weighted by Gasteiger charge is -2.29. The molecule has 0 bridgehead atoms. The van der Waals surface area contributed by atoms with Crippen molar-refractivity contribution in [2.24, 2.45) is 0 Å². The van der Waals surface area contributed by atoms with Crippen molar-refractivity contribution in [1.82, 2.24) is 0 Å². The summed E-state index contributed by atoms with van der Waals surface area (Å²) < 4.78 is 1.03. The summed E-state index contributed by atoms with van der Waals surface area (Å²) in [4.78, 5) is 5.44. The van der Waals surface area contributed by atoms with Gasteiger partial charge in [-0.15, -0.1) is 0 Å². The van der Waals surface area contributed by atoms with Crippen LogP contribution in [-0.2, 0) is 6.42 Å². The zero-order chi connectivity index (χ0) is 17.0. The molecular weight excluding hydrogens is 457 g/mol. The van der Waals surface area contributed by atoms with Gasteiger partial charge >= 0.3 is 0 Å². The Morgan fingerprint density at radius 2 is 1.44 bits per heavy atom. The molecule has 0 N–H and O–H groups in total. The molecule has 2 aromatic carbocycles. The molecule has 4 heteroatoms. The second-order valence-corrected chi connectivity index (χ2v) is 8.54. The van der Waals surface area contributed by atoms with E-state index in [9.17, 15) is 0 Å². The molecule has 0 fully saturated rings. The third-order valence-corrected chi connectivity index (χ3v) is 7.25. The van der Waals surface area contributed by atoms with E-state index < -0.39 is 0 Å². The van der Waals surface area contributed by atoms with Gasteiger partial charge in [0.15, 0.2) is 0 Å². The molecule has 25 heavy (non-hydrogen) atoms. The standard InChI is InChI=1S/C21H24NS2.HI/c1-4-22(3,5-2)15-9-8-10-17-13-14-20-21(16-17)24-19-12-7-6-11-18(19)23-20;/h6-7,11-14,16H,4-5,10,15H2,1-3H3;1H/q+1;/p-1. The number of nitrogens with zero attached hydrogens (tertiary/aromatic N) is 1. The van der Waals surface area contributed by atoms with Crippen molar-refractivity contribution in [3.8, 4) is 11.8 Å². The first-order valence-electron chi connectivity index (χ1n) is 8.50. The molecule has 0 atom stereocenters. The lowest BCUT2D eigenvalue weighted by molar-refractivity contribution is -0.899. The van der Waals surface area contributed by atoms with E-state index >= 15 is 0 Å². The summed E-state index contributed by atoms with van der Waals surface area (Å²) in [6, 6.07) is 15.4. The first-order valence-corrected chi connectivity index (χ1v) is 10.1. The smallest absolute Gasteiger partial charge is 0.140 e. The van der Waals surface area contributed by atoms with Crippen LogP contribution in [0.5, 0.6) is 0 Å². The number of benzene rings is 2. The molecule has 132 valence electrons. The fraction of sp³-hybridized carbons (Fsp3) is 0.333. The van der Waals surface area contributed by atoms with Gasteiger partial charge in [-0.25, -0.2) is 0 Å². The van der Waals surface area contributed by atoms with Crippen molar-refractivity contribution < 1.29 is 28.5 Å². The van der Waals surface area contributed by atoms with E-state index in [1.165, 1.54) is 25.1 Å². The molecule has 1 aliphatic heterocycles. The maximum absolute atomic E-state index is 3.38. The summed E-state index contributed by atoms with van der Waals surface area (Å²) in [5.41, 5.74) is 1.32. The summed E-state index contributed by atoms with van der Waals surface area (Å²) in [5.74, 6) is 6.75. The minimum atomic E-state index is 0. The van der Waals surface area contributed by atoms with Crippen LogP contribution in [0, 0.1) is 11.8 Å². The largest absolute Gasteiger partial charge is 1.00 e. The second-order valence-electron chi connectivity index (χ2n) is 6.37. The van der Waals surface area contributed by atoms with Crippen molar-refractivity contribution in [1.29, 1.82) is 0 Å². The third-order valence-electron chi connectivity index (χ3n) is 4.70. The van der Waals surface area contributed by atoms with Crippen molar-refractivity contribution in [2.45, 2.75) is 39.9 Å². The first-order chi connectivity index (χ1) is 11.6. The van der Waals surface area contributed by atoms with Crippen LogP contribution in [0.15, 0.2) is 62.0 Å². The van der Waals surface area contributed by atoms with Crippen LogP contribution in [0.2, 0.25) is 0 Å². The van der Waals surface area contributed by atoms with E-state index in [0.717, 1.165) is 30.5 Å². The van der Waals surface area contributed by atoms with Crippen molar-refractivity contribution in [3.63, 3.8) is 0 Å². The molecule has 0 saturated carbocycles. The number of halogens is 1. The fourth-order valence-corrected chi connectivity index (χ4v) is 4.82. The molecule has 0 unspecified atom stereocenters. The Morgan fingerprint density at radius 3 is 2.08 bits per heavy atom. The normalized spacial score (nSPS) is 12.3. The van der Waals surface area contributed by atoms with E-state index in [4.69, 9.17) is 0 Å². The molecule has 1 nitrogen and oxygen atoms in total. The molecule has 1 heterocycles. The van der Waals surface area contributed by atoms with Crippen LogP contribution < -0.4 is 24.0 Å². The minimum Gasteiger partial charge on any atom is -1.00 e. The Balaban J connectivity index is 0.00000225. The van der Waals surface area contributed by atoms with Crippen molar-refractivity contribution in [2.75, 3.05) is 26.7 Å². The number of hydrogen-bond acceptors (Lipinski definition) is 2. The van der Waals surface area contributed by atoms with Crippen LogP contribution in [-0.4, -0.2) is 31.2 Å². The average molecular weight is 481 g/mol. The van der Waals surface area contributed by atoms with Gasteiger partial charge < -0.3 is 28.5 Å². The van der Waals surface area contributed by atoms with Gasteiger partial charge in [-0.3, -0.25) is 0 Å². The minimum absolute atomic E-state index is 0. The topological polar surface area (TPSA) is 0 Å². The average Bonchev–Trinajstić information content (AvgIpc) is 2.63. The summed E-state index contributed by atoms with van der Waals surface area (Å²) in [5, 5.41) is 0. The Bertz CT molecular complexity index is 788. The lowest BCUT2D eigenvalue weighted by atomic mass is 10.1. The van der Waals surface area contributed by atoms with E-state index in [-0.39, 0.29) is 24.0 Å². The van der Waals surface area contributed by atoms with Gasteiger partial charge in [0.05, 0.1) is 20.1 Å². The Hall–Kier alpha value is -0.610. The predicted octanol–water partition coefficient (Wildman–Crippen LogP) is 2.34. The number of hydrogen-bond donors (Lipinski definition) is 0. The summed E-state index contributed by atoms with van der Waals surface area (Å²) in [6.45, 7) is 7.69. The molecule has 2 aromatic rings. The van der Waals surface area contributed by atoms with Crippen LogP contribution in [0.3, 0.4) is 0 Å². The fourth-order valence-electron chi connectivity index (χ4n) is 2.54. The van der Waals surface area contributed by atoms with Gasteiger partial charge in [0.2, 0.25) is 0 Å². The van der Waals surface area contributed by atoms with Gasteiger partial charge in [0.1, 0.15) is 6.54 Å². The highest BCUT2D eigenvalue weighted by molar-refractivity contribution is 8.05. The lowest BCUT2D eigenvalue weighted by Crippen LogP contribution is -3.00. The summed E-state index contributed by atoms with van der Waals surface area (Å²) in [6.07, 6.45) is 0.841. The molecule has 3 rings (SSSR count). The predicted molar refractivity (Wildman–Crippen MR) is 105 cm³/mol. The molecular formula is C21H24INS2. The molecule has 0 saturated heterocycles. The van der Waals surface area contributed by atoms with Crippen LogP contribution in [0.4, 0.5) is 0 Å². The maximum atomic E-state index is 3.38.